The second-order valence-electron chi connectivity index (χ2n) is 5.08. The van der Waals surface area contributed by atoms with Crippen LogP contribution in [0.1, 0.15) is 30.6 Å². The molecule has 0 aliphatic carbocycles. The lowest BCUT2D eigenvalue weighted by atomic mass is 9.97. The predicted molar refractivity (Wildman–Crippen MR) is 73.7 cm³/mol. The summed E-state index contributed by atoms with van der Waals surface area (Å²) in [7, 11) is 0. The number of nitrogens with two attached hydrogens (primary N) is 1. The van der Waals surface area contributed by atoms with Crippen LogP contribution in [0, 0.1) is 17.7 Å². The van der Waals surface area contributed by atoms with E-state index in [1.54, 1.807) is 0 Å². The van der Waals surface area contributed by atoms with Crippen LogP contribution in [0.4, 0.5) is 10.1 Å². The number of anilines is 1. The number of carbonyl (C=O) groups is 2. The fourth-order valence-corrected chi connectivity index (χ4v) is 1.89. The van der Waals surface area contributed by atoms with Crippen molar-refractivity contribution in [3.8, 4) is 0 Å². The molecule has 0 radical (unpaired) electrons. The van der Waals surface area contributed by atoms with E-state index in [1.807, 2.05) is 13.8 Å². The molecule has 1 aromatic carbocycles. The van der Waals surface area contributed by atoms with E-state index in [-0.39, 0.29) is 23.7 Å². The normalized spacial score (nSPS) is 12.2. The Hall–Kier alpha value is -2.11. The van der Waals surface area contributed by atoms with Gasteiger partial charge < -0.3 is 16.2 Å². The van der Waals surface area contributed by atoms with Crippen LogP contribution in [0.3, 0.4) is 0 Å². The van der Waals surface area contributed by atoms with Crippen molar-refractivity contribution >= 4 is 17.6 Å². The van der Waals surface area contributed by atoms with Crippen molar-refractivity contribution in [2.24, 2.45) is 11.8 Å². The Balaban J connectivity index is 2.70. The van der Waals surface area contributed by atoms with E-state index in [1.165, 1.54) is 12.1 Å². The highest BCUT2D eigenvalue weighted by Gasteiger charge is 2.21. The number of rotatable bonds is 6. The van der Waals surface area contributed by atoms with E-state index in [0.29, 0.717) is 6.42 Å². The van der Waals surface area contributed by atoms with Crippen LogP contribution >= 0.6 is 0 Å². The molecular weight excluding hydrogens is 263 g/mol. The van der Waals surface area contributed by atoms with Crippen LogP contribution in [0.5, 0.6) is 0 Å². The highest BCUT2D eigenvalue weighted by atomic mass is 19.1. The average Bonchev–Trinajstić information content (AvgIpc) is 2.36. The largest absolute Gasteiger partial charge is 0.481 e. The van der Waals surface area contributed by atoms with Gasteiger partial charge in [-0.2, -0.15) is 0 Å². The smallest absolute Gasteiger partial charge is 0.308 e. The van der Waals surface area contributed by atoms with Gasteiger partial charge >= 0.3 is 5.97 Å². The van der Waals surface area contributed by atoms with Crippen LogP contribution in [0.15, 0.2) is 18.2 Å². The minimum atomic E-state index is -0.966. The lowest BCUT2D eigenvalue weighted by molar-refractivity contribution is -0.142. The summed E-state index contributed by atoms with van der Waals surface area (Å²) in [6.07, 6.45) is 0.453. The van der Waals surface area contributed by atoms with Crippen LogP contribution in [0.2, 0.25) is 0 Å². The third kappa shape index (κ3) is 4.22. The molecule has 4 N–H and O–H groups in total. The number of carboxylic acids is 1. The first kappa shape index (κ1) is 15.9. The molecule has 0 fully saturated rings. The summed E-state index contributed by atoms with van der Waals surface area (Å²) in [5.41, 5.74) is 5.26. The zero-order valence-corrected chi connectivity index (χ0v) is 11.5. The Kier molecular flexibility index (Phi) is 5.49. The molecule has 0 spiro atoms. The van der Waals surface area contributed by atoms with Crippen molar-refractivity contribution in [1.29, 1.82) is 0 Å². The minimum absolute atomic E-state index is 0.0116. The van der Waals surface area contributed by atoms with Gasteiger partial charge in [0.25, 0.3) is 5.91 Å². The van der Waals surface area contributed by atoms with Crippen molar-refractivity contribution in [1.82, 2.24) is 5.32 Å². The molecule has 0 aromatic heterocycles. The summed E-state index contributed by atoms with van der Waals surface area (Å²) in [5.74, 6) is -2.68. The number of nitrogen functional groups attached to an aromatic ring is 1. The molecule has 0 heterocycles. The first-order chi connectivity index (χ1) is 9.32. The molecule has 1 rings (SSSR count). The van der Waals surface area contributed by atoms with Gasteiger partial charge in [-0.25, -0.2) is 4.39 Å². The summed E-state index contributed by atoms with van der Waals surface area (Å²) in [6, 6.07) is 3.93. The molecule has 1 unspecified atom stereocenters. The molecular formula is C14H19FN2O3. The topological polar surface area (TPSA) is 92.4 Å². The number of halogens is 1. The molecule has 1 aromatic rings. The maximum Gasteiger partial charge on any atom is 0.308 e. The molecule has 5 nitrogen and oxygen atoms in total. The summed E-state index contributed by atoms with van der Waals surface area (Å²) >= 11 is 0. The summed E-state index contributed by atoms with van der Waals surface area (Å²) in [5, 5.41) is 11.6. The average molecular weight is 282 g/mol. The number of benzene rings is 1. The van der Waals surface area contributed by atoms with Crippen molar-refractivity contribution in [3.05, 3.63) is 29.6 Å². The molecule has 0 saturated heterocycles. The molecule has 0 aliphatic rings. The van der Waals surface area contributed by atoms with Crippen molar-refractivity contribution in [3.63, 3.8) is 0 Å². The van der Waals surface area contributed by atoms with Gasteiger partial charge in [-0.3, -0.25) is 9.59 Å². The predicted octanol–water partition coefficient (Wildman–Crippen LogP) is 1.88. The highest BCUT2D eigenvalue weighted by molar-refractivity contribution is 5.99. The van der Waals surface area contributed by atoms with E-state index in [4.69, 9.17) is 10.8 Å². The van der Waals surface area contributed by atoms with Crippen molar-refractivity contribution in [2.75, 3.05) is 12.3 Å². The van der Waals surface area contributed by atoms with Gasteiger partial charge in [-0.15, -0.1) is 0 Å². The Morgan fingerprint density at radius 2 is 2.05 bits per heavy atom. The maximum atomic E-state index is 13.2. The first-order valence-corrected chi connectivity index (χ1v) is 6.38. The quantitative estimate of drug-likeness (QED) is 0.695. The number of para-hydroxylation sites is 1. The van der Waals surface area contributed by atoms with Gasteiger partial charge in [-0.1, -0.05) is 19.9 Å². The van der Waals surface area contributed by atoms with Crippen LogP contribution in [-0.2, 0) is 4.79 Å². The van der Waals surface area contributed by atoms with E-state index in [2.05, 4.69) is 5.32 Å². The number of hydrogen-bond acceptors (Lipinski definition) is 3. The maximum absolute atomic E-state index is 13.2. The Labute approximate surface area is 117 Å². The monoisotopic (exact) mass is 282 g/mol. The summed E-state index contributed by atoms with van der Waals surface area (Å²) in [4.78, 5) is 22.9. The number of hydrogen-bond donors (Lipinski definition) is 3. The van der Waals surface area contributed by atoms with Gasteiger partial charge in [0.2, 0.25) is 0 Å². The second-order valence-corrected chi connectivity index (χ2v) is 5.08. The lowest BCUT2D eigenvalue weighted by Crippen LogP contribution is -2.34. The Bertz CT molecular complexity index is 503. The summed E-state index contributed by atoms with van der Waals surface area (Å²) < 4.78 is 13.2. The lowest BCUT2D eigenvalue weighted by Gasteiger charge is -2.15. The third-order valence-corrected chi connectivity index (χ3v) is 2.91. The van der Waals surface area contributed by atoms with E-state index >= 15 is 0 Å². The zero-order valence-electron chi connectivity index (χ0n) is 11.5. The second kappa shape index (κ2) is 6.88. The van der Waals surface area contributed by atoms with E-state index in [0.717, 1.165) is 6.07 Å². The molecule has 20 heavy (non-hydrogen) atoms. The molecule has 0 aliphatic heterocycles. The number of aliphatic carboxylic acids is 1. The van der Waals surface area contributed by atoms with Crippen molar-refractivity contribution in [2.45, 2.75) is 20.3 Å². The summed E-state index contributed by atoms with van der Waals surface area (Å²) in [6.45, 7) is 3.80. The molecule has 1 atom stereocenters. The highest BCUT2D eigenvalue weighted by Crippen LogP contribution is 2.16. The first-order valence-electron chi connectivity index (χ1n) is 6.38. The Morgan fingerprint density at radius 3 is 2.60 bits per heavy atom. The molecule has 6 heteroatoms. The number of nitrogens with one attached hydrogen (secondary N) is 1. The number of carbonyl (C=O) groups excluding carboxylic acids is 1. The minimum Gasteiger partial charge on any atom is -0.481 e. The SMILES string of the molecule is CC(C)CC(CNC(=O)c1cccc(F)c1N)C(=O)O. The number of amides is 1. The molecule has 1 amide bonds. The number of carboxylic acid groups (broad SMARTS) is 1. The fraction of sp³-hybridized carbons (Fsp3) is 0.429. The van der Waals surface area contributed by atoms with Crippen LogP contribution in [0.25, 0.3) is 0 Å². The molecule has 0 bridgehead atoms. The standard InChI is InChI=1S/C14H19FN2O3/c1-8(2)6-9(14(19)20)7-17-13(18)10-4-3-5-11(15)12(10)16/h3-5,8-9H,6-7,16H2,1-2H3,(H,17,18)(H,19,20). The third-order valence-electron chi connectivity index (χ3n) is 2.91. The van der Waals surface area contributed by atoms with Crippen LogP contribution in [-0.4, -0.2) is 23.5 Å². The zero-order chi connectivity index (χ0) is 15.3. The van der Waals surface area contributed by atoms with Gasteiger partial charge in [-0.05, 0) is 24.5 Å². The van der Waals surface area contributed by atoms with E-state index < -0.39 is 23.6 Å². The van der Waals surface area contributed by atoms with E-state index in [9.17, 15) is 14.0 Å². The van der Waals surface area contributed by atoms with Gasteiger partial charge in [0.1, 0.15) is 5.82 Å². The van der Waals surface area contributed by atoms with Crippen molar-refractivity contribution < 1.29 is 19.1 Å². The molecule has 110 valence electrons. The van der Waals surface area contributed by atoms with Gasteiger partial charge in [0.05, 0.1) is 17.2 Å². The van der Waals surface area contributed by atoms with Crippen LogP contribution < -0.4 is 11.1 Å². The van der Waals surface area contributed by atoms with Gasteiger partial charge in [0.15, 0.2) is 0 Å². The fourth-order valence-electron chi connectivity index (χ4n) is 1.89. The molecule has 0 saturated carbocycles. The Morgan fingerprint density at radius 1 is 1.40 bits per heavy atom. The van der Waals surface area contributed by atoms with Gasteiger partial charge in [0, 0.05) is 6.54 Å².